The van der Waals surface area contributed by atoms with E-state index in [0.717, 1.165) is 24.8 Å². The van der Waals surface area contributed by atoms with E-state index in [2.05, 4.69) is 29.8 Å². The van der Waals surface area contributed by atoms with Gasteiger partial charge in [0.2, 0.25) is 0 Å². The van der Waals surface area contributed by atoms with Crippen LogP contribution in [-0.2, 0) is 6.42 Å². The largest absolute Gasteiger partial charge is 0.389 e. The van der Waals surface area contributed by atoms with Gasteiger partial charge in [0.05, 0.1) is 6.10 Å². The molecule has 0 fully saturated rings. The molecule has 82 valence electrons. The Hall–Kier alpha value is -0.600. The van der Waals surface area contributed by atoms with Crippen LogP contribution in [0.5, 0.6) is 0 Å². The first-order valence-electron chi connectivity index (χ1n) is 5.48. The predicted octanol–water partition coefficient (Wildman–Crippen LogP) is 3.40. The lowest BCUT2D eigenvalue weighted by Crippen LogP contribution is -2.26. The maximum atomic E-state index is 9.67. The quantitative estimate of drug-likeness (QED) is 0.760. The van der Waals surface area contributed by atoms with Crippen LogP contribution in [0.25, 0.3) is 0 Å². The summed E-state index contributed by atoms with van der Waals surface area (Å²) in [7, 11) is 0. The average Bonchev–Trinajstić information content (AvgIpc) is 2.64. The van der Waals surface area contributed by atoms with Gasteiger partial charge in [-0.25, -0.2) is 0 Å². The third kappa shape index (κ3) is 2.50. The Bertz CT molecular complexity index is 353. The van der Waals surface area contributed by atoms with Crippen LogP contribution in [-0.4, -0.2) is 11.2 Å². The van der Waals surface area contributed by atoms with Crippen LogP contribution >= 0.6 is 11.3 Å². The van der Waals surface area contributed by atoms with E-state index < -0.39 is 0 Å². The molecule has 1 heterocycles. The Kier molecular flexibility index (Phi) is 2.98. The Morgan fingerprint density at radius 2 is 2.40 bits per heavy atom. The second kappa shape index (κ2) is 4.11. The zero-order valence-corrected chi connectivity index (χ0v) is 10.2. The molecule has 0 spiro atoms. The van der Waals surface area contributed by atoms with E-state index in [9.17, 15) is 5.11 Å². The smallest absolute Gasteiger partial charge is 0.0747 e. The van der Waals surface area contributed by atoms with Crippen LogP contribution in [0, 0.1) is 5.41 Å². The van der Waals surface area contributed by atoms with Crippen molar-refractivity contribution in [1.29, 1.82) is 0 Å². The van der Waals surface area contributed by atoms with E-state index in [0.29, 0.717) is 0 Å². The summed E-state index contributed by atoms with van der Waals surface area (Å²) in [5.74, 6) is 0. The average molecular weight is 222 g/mol. The molecule has 2 rings (SSSR count). The van der Waals surface area contributed by atoms with E-state index in [-0.39, 0.29) is 11.5 Å². The van der Waals surface area contributed by atoms with Crippen LogP contribution in [0.2, 0.25) is 0 Å². The molecule has 15 heavy (non-hydrogen) atoms. The zero-order valence-electron chi connectivity index (χ0n) is 9.36. The molecule has 1 aromatic rings. The molecular weight excluding hydrogens is 204 g/mol. The molecule has 0 aliphatic heterocycles. The fourth-order valence-corrected chi connectivity index (χ4v) is 3.08. The molecular formula is C13H18OS. The van der Waals surface area contributed by atoms with Crippen molar-refractivity contribution in [2.24, 2.45) is 5.41 Å². The van der Waals surface area contributed by atoms with Gasteiger partial charge in [0.1, 0.15) is 0 Å². The first-order valence-corrected chi connectivity index (χ1v) is 6.42. The monoisotopic (exact) mass is 222 g/mol. The van der Waals surface area contributed by atoms with Gasteiger partial charge >= 0.3 is 0 Å². The van der Waals surface area contributed by atoms with Gasteiger partial charge in [-0.15, -0.1) is 0 Å². The van der Waals surface area contributed by atoms with E-state index in [1.165, 1.54) is 5.56 Å². The minimum Gasteiger partial charge on any atom is -0.389 e. The van der Waals surface area contributed by atoms with Crippen molar-refractivity contribution in [3.8, 4) is 0 Å². The number of aliphatic hydroxyl groups is 1. The standard InChI is InChI=1S/C13H18OS/c1-10-7-13(2,5-3-12(10)14)8-11-4-6-15-9-11/h4,6-7,9,12,14H,3,5,8H2,1-2H3/t12-,13?/m1/s1. The van der Waals surface area contributed by atoms with Crippen LogP contribution in [0.15, 0.2) is 28.5 Å². The molecule has 2 heteroatoms. The van der Waals surface area contributed by atoms with Gasteiger partial charge in [0.25, 0.3) is 0 Å². The van der Waals surface area contributed by atoms with Crippen molar-refractivity contribution in [1.82, 2.24) is 0 Å². The minimum absolute atomic E-state index is 0.208. The third-order valence-electron chi connectivity index (χ3n) is 3.28. The highest BCUT2D eigenvalue weighted by Crippen LogP contribution is 2.37. The van der Waals surface area contributed by atoms with Crippen LogP contribution in [0.1, 0.15) is 32.3 Å². The van der Waals surface area contributed by atoms with Gasteiger partial charge in [-0.05, 0) is 59.6 Å². The molecule has 0 radical (unpaired) electrons. The highest BCUT2D eigenvalue weighted by Gasteiger charge is 2.28. The highest BCUT2D eigenvalue weighted by atomic mass is 32.1. The summed E-state index contributed by atoms with van der Waals surface area (Å²) in [4.78, 5) is 0. The molecule has 0 saturated carbocycles. The Balaban J connectivity index is 2.14. The van der Waals surface area contributed by atoms with Crippen molar-refractivity contribution >= 4 is 11.3 Å². The van der Waals surface area contributed by atoms with Crippen molar-refractivity contribution in [2.75, 3.05) is 0 Å². The molecule has 1 aliphatic rings. The van der Waals surface area contributed by atoms with Crippen molar-refractivity contribution < 1.29 is 5.11 Å². The van der Waals surface area contributed by atoms with Gasteiger partial charge in [-0.3, -0.25) is 0 Å². The molecule has 1 aliphatic carbocycles. The number of aliphatic hydroxyl groups excluding tert-OH is 1. The second-order valence-electron chi connectivity index (χ2n) is 4.91. The molecule has 1 nitrogen and oxygen atoms in total. The molecule has 1 unspecified atom stereocenters. The number of allylic oxidation sites excluding steroid dienone is 1. The lowest BCUT2D eigenvalue weighted by molar-refractivity contribution is 0.162. The Morgan fingerprint density at radius 1 is 1.60 bits per heavy atom. The number of hydrogen-bond acceptors (Lipinski definition) is 2. The fraction of sp³-hybridized carbons (Fsp3) is 0.538. The summed E-state index contributed by atoms with van der Waals surface area (Å²) in [6.07, 6.45) is 5.14. The number of rotatable bonds is 2. The van der Waals surface area contributed by atoms with Crippen LogP contribution in [0.4, 0.5) is 0 Å². The summed E-state index contributed by atoms with van der Waals surface area (Å²) in [5.41, 5.74) is 2.80. The van der Waals surface area contributed by atoms with E-state index in [1.54, 1.807) is 11.3 Å². The molecule has 2 atom stereocenters. The maximum absolute atomic E-state index is 9.67. The van der Waals surface area contributed by atoms with E-state index in [4.69, 9.17) is 0 Å². The minimum atomic E-state index is -0.208. The SMILES string of the molecule is CC1=CC(C)(Cc2ccsc2)CC[C@H]1O. The summed E-state index contributed by atoms with van der Waals surface area (Å²) in [6.45, 7) is 4.33. The molecule has 0 bridgehead atoms. The van der Waals surface area contributed by atoms with Gasteiger partial charge in [-0.2, -0.15) is 11.3 Å². The lowest BCUT2D eigenvalue weighted by Gasteiger charge is -2.33. The van der Waals surface area contributed by atoms with Gasteiger partial charge in [0, 0.05) is 0 Å². The van der Waals surface area contributed by atoms with Crippen molar-refractivity contribution in [3.05, 3.63) is 34.0 Å². The van der Waals surface area contributed by atoms with Gasteiger partial charge in [0.15, 0.2) is 0 Å². The van der Waals surface area contributed by atoms with E-state index >= 15 is 0 Å². The Labute approximate surface area is 95.5 Å². The van der Waals surface area contributed by atoms with Crippen molar-refractivity contribution in [3.63, 3.8) is 0 Å². The first kappa shape index (κ1) is 10.9. The lowest BCUT2D eigenvalue weighted by atomic mass is 9.74. The molecule has 1 aromatic heterocycles. The highest BCUT2D eigenvalue weighted by molar-refractivity contribution is 7.07. The molecule has 1 N–H and O–H groups in total. The molecule has 0 amide bonds. The van der Waals surface area contributed by atoms with Crippen LogP contribution < -0.4 is 0 Å². The predicted molar refractivity (Wildman–Crippen MR) is 65.1 cm³/mol. The first-order chi connectivity index (χ1) is 7.09. The maximum Gasteiger partial charge on any atom is 0.0747 e. The van der Waals surface area contributed by atoms with Crippen molar-refractivity contribution in [2.45, 2.75) is 39.2 Å². The summed E-state index contributed by atoms with van der Waals surface area (Å²) < 4.78 is 0. The summed E-state index contributed by atoms with van der Waals surface area (Å²) >= 11 is 1.76. The van der Waals surface area contributed by atoms with Gasteiger partial charge < -0.3 is 5.11 Å². The summed E-state index contributed by atoms with van der Waals surface area (Å²) in [5, 5.41) is 14.0. The zero-order chi connectivity index (χ0) is 10.9. The second-order valence-corrected chi connectivity index (χ2v) is 5.69. The normalized spacial score (nSPS) is 31.4. The van der Waals surface area contributed by atoms with Crippen LogP contribution in [0.3, 0.4) is 0 Å². The number of hydrogen-bond donors (Lipinski definition) is 1. The topological polar surface area (TPSA) is 20.2 Å². The fourth-order valence-electron chi connectivity index (χ4n) is 2.41. The van der Waals surface area contributed by atoms with E-state index in [1.807, 2.05) is 6.92 Å². The van der Waals surface area contributed by atoms with Gasteiger partial charge in [-0.1, -0.05) is 13.0 Å². The Morgan fingerprint density at radius 3 is 3.00 bits per heavy atom. The molecule has 0 saturated heterocycles. The summed E-state index contributed by atoms with van der Waals surface area (Å²) in [6, 6.07) is 2.20. The number of thiophene rings is 1. The molecule has 0 aromatic carbocycles. The third-order valence-corrected chi connectivity index (χ3v) is 4.01.